The van der Waals surface area contributed by atoms with Crippen LogP contribution < -0.4 is 15.8 Å². The molecule has 0 aliphatic rings. The second-order valence-electron chi connectivity index (χ2n) is 3.62. The Kier molecular flexibility index (Phi) is 3.99. The second kappa shape index (κ2) is 5.25. The fourth-order valence-corrected chi connectivity index (χ4v) is 1.27. The van der Waals surface area contributed by atoms with E-state index in [4.69, 9.17) is 10.5 Å². The van der Waals surface area contributed by atoms with Crippen LogP contribution in [0.3, 0.4) is 0 Å². The number of hydrogen-bond donors (Lipinski definition) is 2. The van der Waals surface area contributed by atoms with E-state index in [-0.39, 0.29) is 6.03 Å². The van der Waals surface area contributed by atoms with Gasteiger partial charge in [-0.3, -0.25) is 0 Å². The zero-order chi connectivity index (χ0) is 12.1. The zero-order valence-corrected chi connectivity index (χ0v) is 9.78. The van der Waals surface area contributed by atoms with E-state index >= 15 is 0 Å². The van der Waals surface area contributed by atoms with Crippen LogP contribution in [-0.4, -0.2) is 32.1 Å². The molecule has 0 aliphatic heterocycles. The fraction of sp³-hybridized carbons (Fsp3) is 0.364. The van der Waals surface area contributed by atoms with Crippen molar-refractivity contribution in [3.8, 4) is 5.75 Å². The lowest BCUT2D eigenvalue weighted by Gasteiger charge is -2.14. The summed E-state index contributed by atoms with van der Waals surface area (Å²) in [7, 11) is 4.96. The molecule has 0 fully saturated rings. The van der Waals surface area contributed by atoms with Crippen LogP contribution in [0, 0.1) is 0 Å². The first-order valence-corrected chi connectivity index (χ1v) is 4.92. The third kappa shape index (κ3) is 3.05. The van der Waals surface area contributed by atoms with Gasteiger partial charge in [-0.15, -0.1) is 0 Å². The van der Waals surface area contributed by atoms with Crippen LogP contribution in [0.25, 0.3) is 0 Å². The molecule has 1 rings (SSSR count). The number of anilines is 1. The van der Waals surface area contributed by atoms with Gasteiger partial charge in [0.15, 0.2) is 0 Å². The van der Waals surface area contributed by atoms with E-state index in [0.29, 0.717) is 18.0 Å². The lowest BCUT2D eigenvalue weighted by atomic mass is 10.2. The Balaban J connectivity index is 2.72. The number of methoxy groups -OCH3 is 1. The van der Waals surface area contributed by atoms with Crippen molar-refractivity contribution in [2.75, 3.05) is 26.9 Å². The Morgan fingerprint density at radius 2 is 2.19 bits per heavy atom. The molecule has 2 amide bonds. The predicted octanol–water partition coefficient (Wildman–Crippen LogP) is 1.05. The highest BCUT2D eigenvalue weighted by Crippen LogP contribution is 2.20. The number of benzene rings is 1. The van der Waals surface area contributed by atoms with Crippen LogP contribution in [0.2, 0.25) is 0 Å². The molecule has 0 saturated carbocycles. The molecule has 0 spiro atoms. The number of hydrogen-bond acceptors (Lipinski definition) is 3. The summed E-state index contributed by atoms with van der Waals surface area (Å²) in [4.78, 5) is 12.8. The van der Waals surface area contributed by atoms with Gasteiger partial charge in [-0.1, -0.05) is 0 Å². The topological polar surface area (TPSA) is 67.6 Å². The monoisotopic (exact) mass is 223 g/mol. The van der Waals surface area contributed by atoms with Crippen molar-refractivity contribution in [1.82, 2.24) is 10.2 Å². The fourth-order valence-electron chi connectivity index (χ4n) is 1.27. The van der Waals surface area contributed by atoms with Gasteiger partial charge in [0.2, 0.25) is 0 Å². The molecule has 0 bridgehead atoms. The third-order valence-electron chi connectivity index (χ3n) is 2.14. The number of amides is 2. The minimum atomic E-state index is -0.149. The summed E-state index contributed by atoms with van der Waals surface area (Å²) in [5, 5.41) is 2.75. The molecule has 1 aromatic rings. The number of rotatable bonds is 3. The van der Waals surface area contributed by atoms with Crippen LogP contribution >= 0.6 is 0 Å². The first kappa shape index (κ1) is 12.2. The largest absolute Gasteiger partial charge is 0.496 e. The molecule has 0 heterocycles. The second-order valence-corrected chi connectivity index (χ2v) is 3.62. The van der Waals surface area contributed by atoms with Gasteiger partial charge in [-0.25, -0.2) is 4.79 Å². The molecule has 0 atom stereocenters. The Labute approximate surface area is 95.2 Å². The van der Waals surface area contributed by atoms with E-state index in [1.54, 1.807) is 39.4 Å². The predicted molar refractivity (Wildman–Crippen MR) is 63.3 cm³/mol. The highest BCUT2D eigenvalue weighted by atomic mass is 16.5. The first-order valence-electron chi connectivity index (χ1n) is 4.92. The van der Waals surface area contributed by atoms with Crippen molar-refractivity contribution in [1.29, 1.82) is 0 Å². The van der Waals surface area contributed by atoms with Gasteiger partial charge in [0, 0.05) is 31.9 Å². The van der Waals surface area contributed by atoms with Crippen molar-refractivity contribution in [2.24, 2.45) is 0 Å². The summed E-state index contributed by atoms with van der Waals surface area (Å²) >= 11 is 0. The average Bonchev–Trinajstić information content (AvgIpc) is 2.25. The number of nitrogens with zero attached hydrogens (tertiary/aromatic N) is 1. The van der Waals surface area contributed by atoms with Crippen molar-refractivity contribution in [2.45, 2.75) is 6.54 Å². The average molecular weight is 223 g/mol. The van der Waals surface area contributed by atoms with Crippen LogP contribution in [-0.2, 0) is 6.54 Å². The molecule has 0 radical (unpaired) electrons. The van der Waals surface area contributed by atoms with E-state index in [0.717, 1.165) is 5.56 Å². The molecule has 5 nitrogen and oxygen atoms in total. The van der Waals surface area contributed by atoms with Gasteiger partial charge in [-0.2, -0.15) is 0 Å². The molecular formula is C11H17N3O2. The number of carbonyl (C=O) groups excluding carboxylic acids is 1. The van der Waals surface area contributed by atoms with E-state index in [1.807, 2.05) is 0 Å². The van der Waals surface area contributed by atoms with Crippen LogP contribution in [0.4, 0.5) is 10.5 Å². The van der Waals surface area contributed by atoms with Crippen LogP contribution in [0.15, 0.2) is 18.2 Å². The maximum atomic E-state index is 11.3. The maximum Gasteiger partial charge on any atom is 0.317 e. The minimum absolute atomic E-state index is 0.149. The van der Waals surface area contributed by atoms with Gasteiger partial charge in [0.05, 0.1) is 7.11 Å². The normalized spacial score (nSPS) is 9.69. The third-order valence-corrected chi connectivity index (χ3v) is 2.14. The van der Waals surface area contributed by atoms with Crippen LogP contribution in [0.1, 0.15) is 5.56 Å². The Morgan fingerprint density at radius 3 is 2.75 bits per heavy atom. The molecule has 88 valence electrons. The molecule has 1 aromatic carbocycles. The number of nitrogen functional groups attached to an aromatic ring is 1. The van der Waals surface area contributed by atoms with Gasteiger partial charge in [-0.05, 0) is 18.2 Å². The summed E-state index contributed by atoms with van der Waals surface area (Å²) < 4.78 is 5.17. The van der Waals surface area contributed by atoms with E-state index in [9.17, 15) is 4.79 Å². The maximum absolute atomic E-state index is 11.3. The van der Waals surface area contributed by atoms with Crippen molar-refractivity contribution < 1.29 is 9.53 Å². The molecule has 3 N–H and O–H groups in total. The number of ether oxygens (including phenoxy) is 1. The molecular weight excluding hydrogens is 206 g/mol. The van der Waals surface area contributed by atoms with Gasteiger partial charge >= 0.3 is 6.03 Å². The van der Waals surface area contributed by atoms with Gasteiger partial charge in [0.25, 0.3) is 0 Å². The molecule has 5 heteroatoms. The highest BCUT2D eigenvalue weighted by molar-refractivity contribution is 5.73. The minimum Gasteiger partial charge on any atom is -0.496 e. The van der Waals surface area contributed by atoms with Crippen molar-refractivity contribution >= 4 is 11.7 Å². The molecule has 0 saturated heterocycles. The SMILES string of the molecule is COc1ccc(N)cc1CNC(=O)N(C)C. The summed E-state index contributed by atoms with van der Waals surface area (Å²) in [5.74, 6) is 0.716. The number of nitrogens with two attached hydrogens (primary N) is 1. The zero-order valence-electron chi connectivity index (χ0n) is 9.78. The summed E-state index contributed by atoms with van der Waals surface area (Å²) in [6, 6.07) is 5.18. The quantitative estimate of drug-likeness (QED) is 0.753. The standard InChI is InChI=1S/C11H17N3O2/c1-14(2)11(15)13-7-8-6-9(12)4-5-10(8)16-3/h4-6H,7,12H2,1-3H3,(H,13,15). The van der Waals surface area contributed by atoms with Crippen molar-refractivity contribution in [3.63, 3.8) is 0 Å². The van der Waals surface area contributed by atoms with Gasteiger partial charge < -0.3 is 20.7 Å². The molecule has 0 unspecified atom stereocenters. The lowest BCUT2D eigenvalue weighted by molar-refractivity contribution is 0.217. The van der Waals surface area contributed by atoms with Crippen molar-refractivity contribution in [3.05, 3.63) is 23.8 Å². The van der Waals surface area contributed by atoms with E-state index in [2.05, 4.69) is 5.32 Å². The number of urea groups is 1. The Hall–Kier alpha value is -1.91. The number of carbonyl (C=O) groups is 1. The molecule has 16 heavy (non-hydrogen) atoms. The Bertz CT molecular complexity index is 377. The van der Waals surface area contributed by atoms with Crippen LogP contribution in [0.5, 0.6) is 5.75 Å². The highest BCUT2D eigenvalue weighted by Gasteiger charge is 2.06. The molecule has 0 aromatic heterocycles. The van der Waals surface area contributed by atoms with Gasteiger partial charge in [0.1, 0.15) is 5.75 Å². The summed E-state index contributed by atoms with van der Waals surface area (Å²) in [5.41, 5.74) is 7.18. The van der Waals surface area contributed by atoms with E-state index in [1.165, 1.54) is 4.90 Å². The number of nitrogens with one attached hydrogen (secondary N) is 1. The van der Waals surface area contributed by atoms with E-state index < -0.39 is 0 Å². The Morgan fingerprint density at radius 1 is 1.50 bits per heavy atom. The molecule has 0 aliphatic carbocycles. The smallest absolute Gasteiger partial charge is 0.317 e. The summed E-state index contributed by atoms with van der Waals surface area (Å²) in [6.07, 6.45) is 0. The lowest BCUT2D eigenvalue weighted by Crippen LogP contribution is -2.34. The first-order chi connectivity index (χ1) is 7.54. The summed E-state index contributed by atoms with van der Waals surface area (Å²) in [6.45, 7) is 0.394.